The lowest BCUT2D eigenvalue weighted by Gasteiger charge is -2.28. The minimum atomic E-state index is 1.02. The summed E-state index contributed by atoms with van der Waals surface area (Å²) in [6, 6.07) is 47.0. The van der Waals surface area contributed by atoms with Crippen molar-refractivity contribution in [3.8, 4) is 0 Å². The molecule has 0 atom stereocenters. The number of hydrogen-bond acceptors (Lipinski definition) is 2. The van der Waals surface area contributed by atoms with Gasteiger partial charge in [-0.25, -0.2) is 0 Å². The number of rotatable bonds is 14. The Hall–Kier alpha value is -5.34. The van der Waals surface area contributed by atoms with E-state index in [0.717, 1.165) is 51.4 Å². The fourth-order valence-corrected chi connectivity index (χ4v) is 8.92. The summed E-state index contributed by atoms with van der Waals surface area (Å²) in [5, 5.41) is 5.04. The molecule has 0 unspecified atom stereocenters. The van der Waals surface area contributed by atoms with Crippen LogP contribution >= 0.6 is 0 Å². The Labute approximate surface area is 336 Å². The van der Waals surface area contributed by atoms with Gasteiger partial charge in [0.25, 0.3) is 0 Å². The van der Waals surface area contributed by atoms with Gasteiger partial charge in [-0.1, -0.05) is 104 Å². The molecule has 0 aliphatic carbocycles. The topological polar surface area (TPSA) is 6.48 Å². The first-order valence-corrected chi connectivity index (χ1v) is 21.4. The molecule has 0 fully saturated rings. The van der Waals surface area contributed by atoms with E-state index in [2.05, 4.69) is 187 Å². The predicted octanol–water partition coefficient (Wildman–Crippen LogP) is 15.4. The Morgan fingerprint density at radius 2 is 0.482 bits per heavy atom. The summed E-state index contributed by atoms with van der Waals surface area (Å²) >= 11 is 0. The number of benzene rings is 7. The van der Waals surface area contributed by atoms with E-state index in [9.17, 15) is 0 Å². The van der Waals surface area contributed by atoms with Crippen molar-refractivity contribution in [3.63, 3.8) is 0 Å². The van der Waals surface area contributed by atoms with Crippen molar-refractivity contribution in [1.82, 2.24) is 0 Å². The highest BCUT2D eigenvalue weighted by atomic mass is 15.1. The molecule has 0 N–H and O–H groups in total. The van der Waals surface area contributed by atoms with Crippen LogP contribution in [-0.2, 0) is 51.4 Å². The van der Waals surface area contributed by atoms with Crippen LogP contribution in [0.1, 0.15) is 99.9 Å². The van der Waals surface area contributed by atoms with E-state index in [-0.39, 0.29) is 0 Å². The minimum absolute atomic E-state index is 1.02. The van der Waals surface area contributed by atoms with Gasteiger partial charge in [0, 0.05) is 34.1 Å². The van der Waals surface area contributed by atoms with Crippen molar-refractivity contribution in [2.24, 2.45) is 0 Å². The second kappa shape index (κ2) is 17.2. The van der Waals surface area contributed by atoms with E-state index >= 15 is 0 Å². The Kier molecular flexibility index (Phi) is 12.0. The zero-order valence-corrected chi connectivity index (χ0v) is 35.1. The maximum atomic E-state index is 2.46. The molecule has 0 aliphatic rings. The summed E-state index contributed by atoms with van der Waals surface area (Å²) in [6.45, 7) is 18.1. The SMILES string of the molecule is CCc1ccc(N(c2ccc(CC)c(CC)c2)c2ccc3c(ccc4cc(N(c5ccc(CC)c(CC)c5)c5ccc(CC)c(CC)c5)ccc43)c2)cc1CC. The van der Waals surface area contributed by atoms with Crippen molar-refractivity contribution in [3.05, 3.63) is 166 Å². The zero-order chi connectivity index (χ0) is 39.3. The molecule has 7 aromatic carbocycles. The van der Waals surface area contributed by atoms with Gasteiger partial charge in [0.15, 0.2) is 0 Å². The predicted molar refractivity (Wildman–Crippen MR) is 246 cm³/mol. The number of anilines is 6. The summed E-state index contributed by atoms with van der Waals surface area (Å²) in [5.74, 6) is 0. The van der Waals surface area contributed by atoms with Gasteiger partial charge in [-0.05, 0) is 190 Å². The Morgan fingerprint density at radius 1 is 0.250 bits per heavy atom. The molecule has 0 bridgehead atoms. The van der Waals surface area contributed by atoms with Gasteiger partial charge in [-0.15, -0.1) is 0 Å². The third-order valence-corrected chi connectivity index (χ3v) is 12.2. The number of nitrogens with zero attached hydrogens (tertiary/aromatic N) is 2. The highest BCUT2D eigenvalue weighted by Crippen LogP contribution is 2.42. The van der Waals surface area contributed by atoms with E-state index < -0.39 is 0 Å². The van der Waals surface area contributed by atoms with Crippen LogP contribution in [0.3, 0.4) is 0 Å². The first kappa shape index (κ1) is 38.9. The average Bonchev–Trinajstić information content (AvgIpc) is 3.25. The molecule has 0 spiro atoms. The number of fused-ring (bicyclic) bond motifs is 3. The summed E-state index contributed by atoms with van der Waals surface area (Å²) in [6.07, 6.45) is 8.29. The lowest BCUT2D eigenvalue weighted by atomic mass is 9.97. The molecular formula is C54H60N2. The van der Waals surface area contributed by atoms with E-state index in [1.54, 1.807) is 0 Å². The molecule has 2 heteroatoms. The van der Waals surface area contributed by atoms with Crippen molar-refractivity contribution in [1.29, 1.82) is 0 Å². The molecule has 0 amide bonds. The molecule has 0 saturated heterocycles. The van der Waals surface area contributed by atoms with Crippen LogP contribution in [-0.4, -0.2) is 0 Å². The van der Waals surface area contributed by atoms with Crippen LogP contribution in [0.4, 0.5) is 34.1 Å². The molecule has 0 aliphatic heterocycles. The Balaban J connectivity index is 1.35. The summed E-state index contributed by atoms with van der Waals surface area (Å²) in [4.78, 5) is 4.93. The minimum Gasteiger partial charge on any atom is -0.310 e. The fraction of sp³-hybridized carbons (Fsp3) is 0.296. The molecule has 0 radical (unpaired) electrons. The van der Waals surface area contributed by atoms with Crippen molar-refractivity contribution < 1.29 is 0 Å². The molecule has 7 aromatic rings. The lowest BCUT2D eigenvalue weighted by Crippen LogP contribution is -2.12. The standard InChI is InChI=1S/C54H60N2/c1-9-37-19-23-47(31-41(37)13-5)55(48-24-20-38(10-2)42(14-6)32-48)51-27-29-53-45(35-51)17-18-46-36-52(28-30-54(46)53)56(49-25-21-39(11-3)43(15-7)33-49)50-26-22-40(12-4)44(16-8)34-50/h17-36H,9-16H2,1-8H3. The quantitative estimate of drug-likeness (QED) is 0.103. The van der Waals surface area contributed by atoms with Gasteiger partial charge in [-0.3, -0.25) is 0 Å². The van der Waals surface area contributed by atoms with Crippen LogP contribution < -0.4 is 9.80 Å². The Morgan fingerprint density at radius 3 is 0.732 bits per heavy atom. The van der Waals surface area contributed by atoms with Crippen molar-refractivity contribution in [2.45, 2.75) is 107 Å². The second-order valence-electron chi connectivity index (χ2n) is 15.2. The molecule has 0 saturated carbocycles. The van der Waals surface area contributed by atoms with E-state index in [1.807, 2.05) is 0 Å². The van der Waals surface area contributed by atoms with Gasteiger partial charge in [0.05, 0.1) is 0 Å². The summed E-state index contributed by atoms with van der Waals surface area (Å²) < 4.78 is 0. The summed E-state index contributed by atoms with van der Waals surface area (Å²) in [7, 11) is 0. The van der Waals surface area contributed by atoms with E-state index in [1.165, 1.54) is 100 Å². The van der Waals surface area contributed by atoms with Crippen LogP contribution in [0, 0.1) is 0 Å². The van der Waals surface area contributed by atoms with Crippen molar-refractivity contribution >= 4 is 55.7 Å². The monoisotopic (exact) mass is 736 g/mol. The summed E-state index contributed by atoms with van der Waals surface area (Å²) in [5.41, 5.74) is 18.6. The van der Waals surface area contributed by atoms with Crippen LogP contribution in [0.15, 0.2) is 121 Å². The first-order valence-electron chi connectivity index (χ1n) is 21.4. The molecule has 2 nitrogen and oxygen atoms in total. The molecule has 0 heterocycles. The van der Waals surface area contributed by atoms with Gasteiger partial charge in [0.1, 0.15) is 0 Å². The van der Waals surface area contributed by atoms with Gasteiger partial charge in [-0.2, -0.15) is 0 Å². The fourth-order valence-electron chi connectivity index (χ4n) is 8.92. The molecule has 7 rings (SSSR count). The number of hydrogen-bond donors (Lipinski definition) is 0. The molecular weight excluding hydrogens is 677 g/mol. The van der Waals surface area contributed by atoms with Gasteiger partial charge >= 0.3 is 0 Å². The highest BCUT2D eigenvalue weighted by Gasteiger charge is 2.19. The third kappa shape index (κ3) is 7.47. The van der Waals surface area contributed by atoms with Crippen LogP contribution in [0.25, 0.3) is 21.5 Å². The van der Waals surface area contributed by atoms with Gasteiger partial charge in [0.2, 0.25) is 0 Å². The normalized spacial score (nSPS) is 11.4. The largest absolute Gasteiger partial charge is 0.310 e. The van der Waals surface area contributed by atoms with Crippen LogP contribution in [0.5, 0.6) is 0 Å². The Bertz CT molecular complexity index is 2200. The van der Waals surface area contributed by atoms with Gasteiger partial charge < -0.3 is 9.80 Å². The van der Waals surface area contributed by atoms with E-state index in [0.29, 0.717) is 0 Å². The lowest BCUT2D eigenvalue weighted by molar-refractivity contribution is 1.03. The molecule has 56 heavy (non-hydrogen) atoms. The maximum absolute atomic E-state index is 2.46. The molecule has 286 valence electrons. The smallest absolute Gasteiger partial charge is 0.0468 e. The van der Waals surface area contributed by atoms with Crippen LogP contribution in [0.2, 0.25) is 0 Å². The maximum Gasteiger partial charge on any atom is 0.0468 e. The third-order valence-electron chi connectivity index (χ3n) is 12.2. The van der Waals surface area contributed by atoms with Crippen molar-refractivity contribution in [2.75, 3.05) is 9.80 Å². The zero-order valence-electron chi connectivity index (χ0n) is 35.1. The van der Waals surface area contributed by atoms with E-state index in [4.69, 9.17) is 0 Å². The second-order valence-corrected chi connectivity index (χ2v) is 15.2. The molecule has 0 aromatic heterocycles. The average molecular weight is 737 g/mol. The highest BCUT2D eigenvalue weighted by molar-refractivity contribution is 6.09. The first-order chi connectivity index (χ1) is 27.4. The number of aryl methyl sites for hydroxylation is 8.